The Labute approximate surface area is 142 Å². The molecular weight excluding hydrogens is 302 g/mol. The number of carbonyl (C=O) groups excluding carboxylic acids is 1. The molecule has 1 saturated heterocycles. The average Bonchev–Trinajstić information content (AvgIpc) is 2.93. The summed E-state index contributed by atoms with van der Waals surface area (Å²) in [6.45, 7) is 3.39. The van der Waals surface area contributed by atoms with Crippen LogP contribution < -0.4 is 4.74 Å². The highest BCUT2D eigenvalue weighted by Gasteiger charge is 2.40. The first-order valence-corrected chi connectivity index (χ1v) is 8.63. The van der Waals surface area contributed by atoms with Crippen molar-refractivity contribution >= 4 is 5.91 Å². The number of carbonyl (C=O) groups is 1. The van der Waals surface area contributed by atoms with Crippen LogP contribution in [0.5, 0.6) is 5.75 Å². The molecule has 126 valence electrons. The lowest BCUT2D eigenvalue weighted by Gasteiger charge is -2.44. The summed E-state index contributed by atoms with van der Waals surface area (Å²) in [5.41, 5.74) is 2.74. The molecule has 1 aromatic heterocycles. The number of hydrogen-bond acceptors (Lipinski definition) is 3. The minimum atomic E-state index is -0.104. The molecule has 1 fully saturated rings. The molecule has 1 amide bonds. The van der Waals surface area contributed by atoms with E-state index in [1.165, 1.54) is 5.56 Å². The van der Waals surface area contributed by atoms with E-state index in [1.54, 1.807) is 4.68 Å². The van der Waals surface area contributed by atoms with Crippen LogP contribution in [0.15, 0.2) is 30.3 Å². The van der Waals surface area contributed by atoms with Gasteiger partial charge in [0, 0.05) is 33.0 Å². The van der Waals surface area contributed by atoms with Gasteiger partial charge in [-0.25, -0.2) is 0 Å². The highest BCUT2D eigenvalue weighted by molar-refractivity contribution is 5.92. The lowest BCUT2D eigenvalue weighted by Crippen LogP contribution is -2.51. The Morgan fingerprint density at radius 1 is 1.21 bits per heavy atom. The molecule has 0 unspecified atom stereocenters. The Bertz CT molecular complexity index is 773. The van der Waals surface area contributed by atoms with Gasteiger partial charge in [-0.05, 0) is 37.5 Å². The van der Waals surface area contributed by atoms with Crippen LogP contribution in [0.25, 0.3) is 0 Å². The van der Waals surface area contributed by atoms with Crippen molar-refractivity contribution in [1.29, 1.82) is 0 Å². The molecule has 0 atom stereocenters. The zero-order valence-electron chi connectivity index (χ0n) is 14.3. The van der Waals surface area contributed by atoms with E-state index in [0.29, 0.717) is 5.69 Å². The fourth-order valence-electron chi connectivity index (χ4n) is 3.90. The quantitative estimate of drug-likeness (QED) is 0.810. The first-order chi connectivity index (χ1) is 11.6. The minimum absolute atomic E-state index is 0.0733. The summed E-state index contributed by atoms with van der Waals surface area (Å²) in [6, 6.07) is 10.2. The van der Waals surface area contributed by atoms with E-state index in [9.17, 15) is 4.79 Å². The van der Waals surface area contributed by atoms with Crippen molar-refractivity contribution in [2.75, 3.05) is 13.1 Å². The van der Waals surface area contributed by atoms with E-state index in [2.05, 4.69) is 23.3 Å². The number of nitrogens with zero attached hydrogens (tertiary/aromatic N) is 3. The van der Waals surface area contributed by atoms with Gasteiger partial charge in [0.15, 0.2) is 0 Å². The number of piperidine rings is 1. The molecule has 0 radical (unpaired) electrons. The van der Waals surface area contributed by atoms with Crippen LogP contribution in [0.1, 0.15) is 41.0 Å². The van der Waals surface area contributed by atoms with Gasteiger partial charge in [-0.2, -0.15) is 5.10 Å². The van der Waals surface area contributed by atoms with Crippen LogP contribution in [-0.2, 0) is 13.5 Å². The molecule has 2 aromatic rings. The van der Waals surface area contributed by atoms with Crippen molar-refractivity contribution in [3.05, 3.63) is 47.3 Å². The molecule has 4 rings (SSSR count). The lowest BCUT2D eigenvalue weighted by molar-refractivity contribution is -0.0109. The molecule has 24 heavy (non-hydrogen) atoms. The molecule has 2 aliphatic rings. The molecule has 0 N–H and O–H groups in total. The van der Waals surface area contributed by atoms with Gasteiger partial charge in [0.2, 0.25) is 0 Å². The molecule has 1 spiro atoms. The number of ether oxygens (including phenoxy) is 1. The van der Waals surface area contributed by atoms with E-state index < -0.39 is 0 Å². The second-order valence-corrected chi connectivity index (χ2v) is 6.98. The highest BCUT2D eigenvalue weighted by Crippen LogP contribution is 2.39. The Morgan fingerprint density at radius 2 is 1.96 bits per heavy atom. The highest BCUT2D eigenvalue weighted by atomic mass is 16.5. The number of hydrogen-bond donors (Lipinski definition) is 0. The lowest BCUT2D eigenvalue weighted by atomic mass is 9.83. The van der Waals surface area contributed by atoms with Gasteiger partial charge >= 0.3 is 0 Å². The third-order valence-corrected chi connectivity index (χ3v) is 5.33. The van der Waals surface area contributed by atoms with E-state index in [1.807, 2.05) is 31.0 Å². The minimum Gasteiger partial charge on any atom is -0.487 e. The molecule has 3 heterocycles. The van der Waals surface area contributed by atoms with Crippen LogP contribution in [-0.4, -0.2) is 39.3 Å². The summed E-state index contributed by atoms with van der Waals surface area (Å²) in [7, 11) is 1.83. The number of rotatable bonds is 1. The van der Waals surface area contributed by atoms with E-state index in [0.717, 1.165) is 50.2 Å². The zero-order chi connectivity index (χ0) is 16.7. The van der Waals surface area contributed by atoms with Crippen LogP contribution in [0.2, 0.25) is 0 Å². The zero-order valence-corrected chi connectivity index (χ0v) is 14.3. The molecule has 5 heteroatoms. The largest absolute Gasteiger partial charge is 0.487 e. The summed E-state index contributed by atoms with van der Waals surface area (Å²) in [5.74, 6) is 1.09. The number of aryl methyl sites for hydroxylation is 3. The van der Waals surface area contributed by atoms with Crippen LogP contribution >= 0.6 is 0 Å². The van der Waals surface area contributed by atoms with Crippen LogP contribution in [0, 0.1) is 6.92 Å². The fourth-order valence-corrected chi connectivity index (χ4v) is 3.90. The fraction of sp³-hybridized carbons (Fsp3) is 0.474. The maximum Gasteiger partial charge on any atom is 0.272 e. The maximum absolute atomic E-state index is 12.7. The molecule has 5 nitrogen and oxygen atoms in total. The van der Waals surface area contributed by atoms with Crippen LogP contribution in [0.3, 0.4) is 0 Å². The van der Waals surface area contributed by atoms with Crippen molar-refractivity contribution in [1.82, 2.24) is 14.7 Å². The van der Waals surface area contributed by atoms with Crippen LogP contribution in [0.4, 0.5) is 0 Å². The molecule has 0 saturated carbocycles. The second kappa shape index (κ2) is 5.65. The van der Waals surface area contributed by atoms with E-state index >= 15 is 0 Å². The van der Waals surface area contributed by atoms with Gasteiger partial charge in [0.25, 0.3) is 5.91 Å². The van der Waals surface area contributed by atoms with Crippen molar-refractivity contribution in [2.45, 2.75) is 38.2 Å². The van der Waals surface area contributed by atoms with Gasteiger partial charge in [-0.15, -0.1) is 0 Å². The normalized spacial score (nSPS) is 19.0. The predicted molar refractivity (Wildman–Crippen MR) is 91.2 cm³/mol. The standard InChI is InChI=1S/C19H23N3O2/c1-14-13-16(21(2)20-14)18(23)22-11-9-19(10-12-22)8-7-15-5-3-4-6-17(15)24-19/h3-6,13H,7-12H2,1-2H3. The first-order valence-electron chi connectivity index (χ1n) is 8.63. The predicted octanol–water partition coefficient (Wildman–Crippen LogP) is 2.73. The van der Waals surface area contributed by atoms with Crippen molar-refractivity contribution in [3.63, 3.8) is 0 Å². The van der Waals surface area contributed by atoms with Gasteiger partial charge in [0.05, 0.1) is 5.69 Å². The number of fused-ring (bicyclic) bond motifs is 1. The number of benzene rings is 1. The monoisotopic (exact) mass is 325 g/mol. The molecule has 0 bridgehead atoms. The summed E-state index contributed by atoms with van der Waals surface area (Å²) in [5, 5.41) is 4.28. The Hall–Kier alpha value is -2.30. The summed E-state index contributed by atoms with van der Waals surface area (Å²) in [4.78, 5) is 14.7. The van der Waals surface area contributed by atoms with Gasteiger partial charge in [0.1, 0.15) is 17.0 Å². The van der Waals surface area contributed by atoms with Gasteiger partial charge < -0.3 is 9.64 Å². The van der Waals surface area contributed by atoms with Crippen molar-refractivity contribution in [3.8, 4) is 5.75 Å². The SMILES string of the molecule is Cc1cc(C(=O)N2CCC3(CCc4ccccc4O3)CC2)n(C)n1. The van der Waals surface area contributed by atoms with E-state index in [-0.39, 0.29) is 11.5 Å². The third-order valence-electron chi connectivity index (χ3n) is 5.33. The van der Waals surface area contributed by atoms with Crippen molar-refractivity contribution < 1.29 is 9.53 Å². The number of aromatic nitrogens is 2. The number of likely N-dealkylation sites (tertiary alicyclic amines) is 1. The smallest absolute Gasteiger partial charge is 0.272 e. The van der Waals surface area contributed by atoms with E-state index in [4.69, 9.17) is 4.74 Å². The summed E-state index contributed by atoms with van der Waals surface area (Å²) >= 11 is 0. The Kier molecular flexibility index (Phi) is 3.59. The first kappa shape index (κ1) is 15.2. The molecule has 2 aliphatic heterocycles. The average molecular weight is 325 g/mol. The number of para-hydroxylation sites is 1. The maximum atomic E-state index is 12.7. The summed E-state index contributed by atoms with van der Waals surface area (Å²) in [6.07, 6.45) is 3.88. The summed E-state index contributed by atoms with van der Waals surface area (Å²) < 4.78 is 8.04. The topological polar surface area (TPSA) is 47.4 Å². The Balaban J connectivity index is 1.46. The third kappa shape index (κ3) is 2.58. The molecular formula is C19H23N3O2. The van der Waals surface area contributed by atoms with Gasteiger partial charge in [-0.1, -0.05) is 18.2 Å². The van der Waals surface area contributed by atoms with Gasteiger partial charge in [-0.3, -0.25) is 9.48 Å². The Morgan fingerprint density at radius 3 is 2.67 bits per heavy atom. The molecule has 1 aromatic carbocycles. The second-order valence-electron chi connectivity index (χ2n) is 6.98. The number of amides is 1. The molecule has 0 aliphatic carbocycles. The van der Waals surface area contributed by atoms with Crippen molar-refractivity contribution in [2.24, 2.45) is 7.05 Å².